The van der Waals surface area contributed by atoms with Gasteiger partial charge in [0.25, 0.3) is 5.91 Å². The highest BCUT2D eigenvalue weighted by Crippen LogP contribution is 2.55. The first-order chi connectivity index (χ1) is 13.5. The average molecular weight is 382 g/mol. The zero-order valence-electron chi connectivity index (χ0n) is 16.0. The van der Waals surface area contributed by atoms with E-state index in [1.165, 1.54) is 19.3 Å². The Kier molecular flexibility index (Phi) is 4.18. The van der Waals surface area contributed by atoms with Crippen LogP contribution in [-0.2, 0) is 9.59 Å². The smallest absolute Gasteiger partial charge is 0.262 e. The van der Waals surface area contributed by atoms with Crippen LogP contribution in [0.25, 0.3) is 0 Å². The number of amides is 2. The van der Waals surface area contributed by atoms with Crippen LogP contribution in [0.2, 0.25) is 0 Å². The van der Waals surface area contributed by atoms with Gasteiger partial charge in [-0.05, 0) is 74.5 Å². The van der Waals surface area contributed by atoms with E-state index in [1.807, 2.05) is 0 Å². The highest BCUT2D eigenvalue weighted by atomic mass is 16.5. The van der Waals surface area contributed by atoms with E-state index in [-0.39, 0.29) is 42.6 Å². The van der Waals surface area contributed by atoms with Crippen molar-refractivity contribution in [3.05, 3.63) is 23.8 Å². The number of Topliss-reactive ketones (excluding diaryl/α,β-unsaturated/α-hetero) is 1. The molecule has 0 unspecified atom stereocenters. The van der Waals surface area contributed by atoms with E-state index >= 15 is 0 Å². The molecule has 0 atom stereocenters. The summed E-state index contributed by atoms with van der Waals surface area (Å²) in [7, 11) is 0. The van der Waals surface area contributed by atoms with Gasteiger partial charge in [-0.3, -0.25) is 14.4 Å². The summed E-state index contributed by atoms with van der Waals surface area (Å²) in [6, 6.07) is 5.01. The molecule has 0 spiro atoms. The Bertz CT molecular complexity index is 812. The number of ether oxygens (including phenoxy) is 1. The molecule has 6 heteroatoms. The van der Waals surface area contributed by atoms with Gasteiger partial charge in [-0.25, -0.2) is 0 Å². The maximum atomic E-state index is 12.6. The van der Waals surface area contributed by atoms with Crippen molar-refractivity contribution in [2.24, 2.45) is 17.8 Å². The van der Waals surface area contributed by atoms with E-state index in [4.69, 9.17) is 4.74 Å². The van der Waals surface area contributed by atoms with E-state index in [0.717, 1.165) is 37.0 Å². The number of hydrogen-bond acceptors (Lipinski definition) is 4. The summed E-state index contributed by atoms with van der Waals surface area (Å²) in [5, 5.41) is 6.03. The highest BCUT2D eigenvalue weighted by Gasteiger charge is 2.51. The molecule has 1 heterocycles. The molecule has 0 radical (unpaired) electrons. The van der Waals surface area contributed by atoms with E-state index in [1.54, 1.807) is 18.2 Å². The minimum atomic E-state index is -0.230. The van der Waals surface area contributed by atoms with Gasteiger partial charge in [-0.15, -0.1) is 0 Å². The lowest BCUT2D eigenvalue weighted by molar-refractivity contribution is -0.126. The summed E-state index contributed by atoms with van der Waals surface area (Å²) in [5.41, 5.74) is 0.995. The van der Waals surface area contributed by atoms with Crippen LogP contribution >= 0.6 is 0 Å². The number of ketones is 1. The van der Waals surface area contributed by atoms with Crippen LogP contribution < -0.4 is 15.4 Å². The van der Waals surface area contributed by atoms with Crippen molar-refractivity contribution in [2.45, 2.75) is 56.9 Å². The van der Waals surface area contributed by atoms with Crippen molar-refractivity contribution in [3.8, 4) is 5.75 Å². The number of carbonyl (C=O) groups is 3. The standard InChI is InChI=1S/C22H26N2O4/c25-18(16-1-3-19-17(8-16)23-21(27)12-28-19)2-4-20(26)24-22-9-13-5-14(10-22)7-15(6-13)11-22/h1,3,8,13-15H,2,4-7,9-12H2,(H,23,27)(H,24,26). The second-order valence-corrected chi connectivity index (χ2v) is 9.22. The molecule has 6 rings (SSSR count). The van der Waals surface area contributed by atoms with Crippen molar-refractivity contribution in [1.29, 1.82) is 0 Å². The van der Waals surface area contributed by atoms with Gasteiger partial charge in [0.1, 0.15) is 5.75 Å². The summed E-state index contributed by atoms with van der Waals surface area (Å²) in [5.74, 6) is 2.57. The van der Waals surface area contributed by atoms with Crippen LogP contribution in [-0.4, -0.2) is 29.7 Å². The fourth-order valence-corrected chi connectivity index (χ4v) is 6.25. The molecule has 2 N–H and O–H groups in total. The normalized spacial score (nSPS) is 32.3. The third-order valence-electron chi connectivity index (χ3n) is 6.96. The van der Waals surface area contributed by atoms with Gasteiger partial charge >= 0.3 is 0 Å². The highest BCUT2D eigenvalue weighted by molar-refractivity contribution is 6.01. The number of hydrogen-bond donors (Lipinski definition) is 2. The van der Waals surface area contributed by atoms with Crippen molar-refractivity contribution in [3.63, 3.8) is 0 Å². The number of anilines is 1. The van der Waals surface area contributed by atoms with Crippen LogP contribution in [0.1, 0.15) is 61.7 Å². The molecule has 5 aliphatic rings. The summed E-state index contributed by atoms with van der Waals surface area (Å²) >= 11 is 0. The Balaban J connectivity index is 1.19. The van der Waals surface area contributed by atoms with Crippen LogP contribution in [0, 0.1) is 17.8 Å². The Morgan fingerprint density at radius 3 is 2.43 bits per heavy atom. The molecule has 0 saturated heterocycles. The quantitative estimate of drug-likeness (QED) is 0.767. The lowest BCUT2D eigenvalue weighted by Gasteiger charge is -2.56. The van der Waals surface area contributed by atoms with Crippen molar-refractivity contribution in [1.82, 2.24) is 5.32 Å². The lowest BCUT2D eigenvalue weighted by Crippen LogP contribution is -2.59. The number of carbonyl (C=O) groups excluding carboxylic acids is 3. The van der Waals surface area contributed by atoms with E-state index in [0.29, 0.717) is 17.0 Å². The fourth-order valence-electron chi connectivity index (χ4n) is 6.25. The summed E-state index contributed by atoms with van der Waals surface area (Å²) < 4.78 is 5.32. The lowest BCUT2D eigenvalue weighted by atomic mass is 9.53. The molecule has 4 bridgehead atoms. The summed E-state index contributed by atoms with van der Waals surface area (Å²) in [6.45, 7) is -0.00914. The topological polar surface area (TPSA) is 84.5 Å². The van der Waals surface area contributed by atoms with Gasteiger partial charge in [-0.1, -0.05) is 0 Å². The molecule has 28 heavy (non-hydrogen) atoms. The van der Waals surface area contributed by atoms with Crippen molar-refractivity contribution >= 4 is 23.3 Å². The SMILES string of the molecule is O=C1COc2ccc(C(=O)CCC(=O)NC34CC5CC(CC(C5)C3)C4)cc2N1. The van der Waals surface area contributed by atoms with Gasteiger partial charge < -0.3 is 15.4 Å². The zero-order chi connectivity index (χ0) is 19.3. The Hall–Kier alpha value is -2.37. The van der Waals surface area contributed by atoms with Crippen LogP contribution in [0.15, 0.2) is 18.2 Å². The molecule has 2 amide bonds. The molecule has 148 valence electrons. The molecule has 0 aromatic heterocycles. The van der Waals surface area contributed by atoms with Gasteiger partial charge in [0, 0.05) is 23.9 Å². The third kappa shape index (κ3) is 3.29. The minimum absolute atomic E-state index is 0.00914. The maximum Gasteiger partial charge on any atom is 0.262 e. The number of fused-ring (bicyclic) bond motifs is 1. The van der Waals surface area contributed by atoms with Crippen LogP contribution in [0.3, 0.4) is 0 Å². The minimum Gasteiger partial charge on any atom is -0.482 e. The fraction of sp³-hybridized carbons (Fsp3) is 0.591. The van der Waals surface area contributed by atoms with Gasteiger partial charge in [0.15, 0.2) is 12.4 Å². The van der Waals surface area contributed by atoms with E-state index in [2.05, 4.69) is 10.6 Å². The zero-order valence-corrected chi connectivity index (χ0v) is 16.0. The number of benzene rings is 1. The molecular weight excluding hydrogens is 356 g/mol. The molecular formula is C22H26N2O4. The molecule has 1 aliphatic heterocycles. The predicted octanol–water partition coefficient (Wildman–Crippen LogP) is 3.07. The molecule has 4 fully saturated rings. The first kappa shape index (κ1) is 17.7. The van der Waals surface area contributed by atoms with Gasteiger partial charge in [0.2, 0.25) is 5.91 Å². The van der Waals surface area contributed by atoms with Crippen molar-refractivity contribution in [2.75, 3.05) is 11.9 Å². The second kappa shape index (κ2) is 6.61. The van der Waals surface area contributed by atoms with Crippen molar-refractivity contribution < 1.29 is 19.1 Å². The molecule has 4 aliphatic carbocycles. The Labute approximate surface area is 164 Å². The Morgan fingerprint density at radius 1 is 1.07 bits per heavy atom. The number of rotatable bonds is 5. The van der Waals surface area contributed by atoms with E-state index in [9.17, 15) is 14.4 Å². The maximum absolute atomic E-state index is 12.6. The third-order valence-corrected chi connectivity index (χ3v) is 6.96. The first-order valence-corrected chi connectivity index (χ1v) is 10.4. The molecule has 6 nitrogen and oxygen atoms in total. The van der Waals surface area contributed by atoms with Gasteiger partial charge in [-0.2, -0.15) is 0 Å². The molecule has 4 saturated carbocycles. The van der Waals surface area contributed by atoms with Gasteiger partial charge in [0.05, 0.1) is 5.69 Å². The van der Waals surface area contributed by atoms with E-state index < -0.39 is 0 Å². The largest absolute Gasteiger partial charge is 0.482 e. The van der Waals surface area contributed by atoms with Crippen LogP contribution in [0.5, 0.6) is 5.75 Å². The average Bonchev–Trinajstić information content (AvgIpc) is 2.64. The number of nitrogens with one attached hydrogen (secondary N) is 2. The summed E-state index contributed by atoms with van der Waals surface area (Å²) in [4.78, 5) is 36.6. The predicted molar refractivity (Wildman–Crippen MR) is 103 cm³/mol. The van der Waals surface area contributed by atoms with Crippen LogP contribution in [0.4, 0.5) is 5.69 Å². The molecule has 1 aromatic carbocycles. The summed E-state index contributed by atoms with van der Waals surface area (Å²) in [6.07, 6.45) is 7.74. The first-order valence-electron chi connectivity index (χ1n) is 10.4. The monoisotopic (exact) mass is 382 g/mol. The second-order valence-electron chi connectivity index (χ2n) is 9.22. The molecule has 1 aromatic rings. The Morgan fingerprint density at radius 2 is 1.75 bits per heavy atom.